The lowest BCUT2D eigenvalue weighted by molar-refractivity contribution is 0.164. The van der Waals surface area contributed by atoms with Gasteiger partial charge in [-0.1, -0.05) is 0 Å². The van der Waals surface area contributed by atoms with Gasteiger partial charge in [0.1, 0.15) is 0 Å². The Hall–Kier alpha value is -0.120. The number of ether oxygens (including phenoxy) is 1. The SMILES string of the molecule is C1CC2CCC(CN1)N2CCC1CCOC1. The molecule has 0 aromatic heterocycles. The molecule has 3 heterocycles. The van der Waals surface area contributed by atoms with Crippen LogP contribution in [0.1, 0.15) is 32.1 Å². The van der Waals surface area contributed by atoms with Crippen LogP contribution in [0.5, 0.6) is 0 Å². The molecule has 3 aliphatic rings. The number of hydrogen-bond acceptors (Lipinski definition) is 3. The topological polar surface area (TPSA) is 24.5 Å². The average Bonchev–Trinajstić information content (AvgIpc) is 2.83. The van der Waals surface area contributed by atoms with E-state index in [0.717, 1.165) is 31.2 Å². The molecule has 2 bridgehead atoms. The average molecular weight is 224 g/mol. The van der Waals surface area contributed by atoms with Crippen molar-refractivity contribution < 1.29 is 4.74 Å². The third-order valence-corrected chi connectivity index (χ3v) is 4.62. The van der Waals surface area contributed by atoms with Crippen LogP contribution in [0.2, 0.25) is 0 Å². The molecule has 0 aromatic rings. The van der Waals surface area contributed by atoms with E-state index in [2.05, 4.69) is 10.2 Å². The van der Waals surface area contributed by atoms with Gasteiger partial charge in [0, 0.05) is 31.8 Å². The number of hydrogen-bond donors (Lipinski definition) is 1. The van der Waals surface area contributed by atoms with Gasteiger partial charge in [-0.3, -0.25) is 4.90 Å². The second-order valence-corrected chi connectivity index (χ2v) is 5.63. The molecule has 3 aliphatic heterocycles. The maximum absolute atomic E-state index is 5.46. The highest BCUT2D eigenvalue weighted by Crippen LogP contribution is 2.29. The van der Waals surface area contributed by atoms with Crippen molar-refractivity contribution in [3.63, 3.8) is 0 Å². The van der Waals surface area contributed by atoms with Crippen LogP contribution in [0.25, 0.3) is 0 Å². The van der Waals surface area contributed by atoms with E-state index in [-0.39, 0.29) is 0 Å². The summed E-state index contributed by atoms with van der Waals surface area (Å²) >= 11 is 0. The lowest BCUT2D eigenvalue weighted by Gasteiger charge is -2.28. The molecular weight excluding hydrogens is 200 g/mol. The summed E-state index contributed by atoms with van der Waals surface area (Å²) in [5.74, 6) is 0.843. The highest BCUT2D eigenvalue weighted by atomic mass is 16.5. The Labute approximate surface area is 98.5 Å². The van der Waals surface area contributed by atoms with Crippen LogP contribution < -0.4 is 5.32 Å². The highest BCUT2D eigenvalue weighted by Gasteiger charge is 2.34. The van der Waals surface area contributed by atoms with Crippen molar-refractivity contribution in [1.29, 1.82) is 0 Å². The minimum Gasteiger partial charge on any atom is -0.381 e. The summed E-state index contributed by atoms with van der Waals surface area (Å²) in [6.07, 6.45) is 6.86. The molecular formula is C13H24N2O. The standard InChI is InChI=1S/C13H24N2O/c1-2-13-9-14-6-3-12(1)15(13)7-4-11-5-8-16-10-11/h11-14H,1-10H2. The third-order valence-electron chi connectivity index (χ3n) is 4.62. The summed E-state index contributed by atoms with van der Waals surface area (Å²) in [6, 6.07) is 1.71. The molecule has 3 nitrogen and oxygen atoms in total. The van der Waals surface area contributed by atoms with Gasteiger partial charge in [0.15, 0.2) is 0 Å². The molecule has 3 unspecified atom stereocenters. The van der Waals surface area contributed by atoms with E-state index in [9.17, 15) is 0 Å². The van der Waals surface area contributed by atoms with Crippen LogP contribution in [-0.2, 0) is 4.74 Å². The molecule has 0 aliphatic carbocycles. The lowest BCUT2D eigenvalue weighted by Crippen LogP contribution is -2.39. The van der Waals surface area contributed by atoms with Crippen LogP contribution >= 0.6 is 0 Å². The van der Waals surface area contributed by atoms with Gasteiger partial charge in [-0.15, -0.1) is 0 Å². The molecule has 1 N–H and O–H groups in total. The summed E-state index contributed by atoms with van der Waals surface area (Å²) in [6.45, 7) is 5.77. The summed E-state index contributed by atoms with van der Waals surface area (Å²) < 4.78 is 5.46. The highest BCUT2D eigenvalue weighted by molar-refractivity contribution is 4.91. The summed E-state index contributed by atoms with van der Waals surface area (Å²) in [5.41, 5.74) is 0. The van der Waals surface area contributed by atoms with E-state index in [4.69, 9.17) is 4.74 Å². The summed E-state index contributed by atoms with van der Waals surface area (Å²) in [4.78, 5) is 2.79. The zero-order valence-corrected chi connectivity index (χ0v) is 10.2. The fourth-order valence-electron chi connectivity index (χ4n) is 3.59. The van der Waals surface area contributed by atoms with Gasteiger partial charge in [0.05, 0.1) is 0 Å². The Morgan fingerprint density at radius 1 is 1.12 bits per heavy atom. The Bertz CT molecular complexity index is 214. The fraction of sp³-hybridized carbons (Fsp3) is 1.00. The molecule has 92 valence electrons. The quantitative estimate of drug-likeness (QED) is 0.780. The van der Waals surface area contributed by atoms with Crippen molar-refractivity contribution in [3.8, 4) is 0 Å². The first kappa shape index (κ1) is 11.0. The van der Waals surface area contributed by atoms with Crippen LogP contribution in [0.3, 0.4) is 0 Å². The van der Waals surface area contributed by atoms with Crippen molar-refractivity contribution in [2.75, 3.05) is 32.8 Å². The van der Waals surface area contributed by atoms with Gasteiger partial charge in [-0.2, -0.15) is 0 Å². The first-order valence-electron chi connectivity index (χ1n) is 6.97. The molecule has 0 radical (unpaired) electrons. The number of nitrogens with zero attached hydrogens (tertiary/aromatic N) is 1. The molecule has 0 saturated carbocycles. The minimum absolute atomic E-state index is 0.829. The van der Waals surface area contributed by atoms with Crippen LogP contribution in [0, 0.1) is 5.92 Å². The van der Waals surface area contributed by atoms with E-state index in [1.54, 1.807) is 0 Å². The van der Waals surface area contributed by atoms with E-state index in [1.807, 2.05) is 0 Å². The lowest BCUT2D eigenvalue weighted by atomic mass is 10.0. The van der Waals surface area contributed by atoms with Crippen molar-refractivity contribution in [2.45, 2.75) is 44.2 Å². The molecule has 16 heavy (non-hydrogen) atoms. The predicted molar refractivity (Wildman–Crippen MR) is 64.5 cm³/mol. The normalized spacial score (nSPS) is 40.1. The number of fused-ring (bicyclic) bond motifs is 2. The first-order valence-corrected chi connectivity index (χ1v) is 6.97. The minimum atomic E-state index is 0.829. The largest absolute Gasteiger partial charge is 0.381 e. The van der Waals surface area contributed by atoms with Crippen molar-refractivity contribution >= 4 is 0 Å². The molecule has 0 amide bonds. The zero-order chi connectivity index (χ0) is 10.8. The molecule has 3 atom stereocenters. The van der Waals surface area contributed by atoms with Gasteiger partial charge in [-0.05, 0) is 51.1 Å². The number of nitrogens with one attached hydrogen (secondary N) is 1. The summed E-state index contributed by atoms with van der Waals surface area (Å²) in [7, 11) is 0. The van der Waals surface area contributed by atoms with Gasteiger partial charge >= 0.3 is 0 Å². The van der Waals surface area contributed by atoms with Gasteiger partial charge in [0.2, 0.25) is 0 Å². The Morgan fingerprint density at radius 2 is 2.06 bits per heavy atom. The molecule has 0 spiro atoms. The Kier molecular flexibility index (Phi) is 3.46. The van der Waals surface area contributed by atoms with Crippen molar-refractivity contribution in [1.82, 2.24) is 10.2 Å². The predicted octanol–water partition coefficient (Wildman–Crippen LogP) is 1.24. The van der Waals surface area contributed by atoms with Crippen LogP contribution in [0.4, 0.5) is 0 Å². The Balaban J connectivity index is 1.52. The van der Waals surface area contributed by atoms with E-state index in [0.29, 0.717) is 0 Å². The van der Waals surface area contributed by atoms with Crippen molar-refractivity contribution in [2.24, 2.45) is 5.92 Å². The molecule has 3 saturated heterocycles. The molecule has 3 heteroatoms. The van der Waals surface area contributed by atoms with E-state index >= 15 is 0 Å². The zero-order valence-electron chi connectivity index (χ0n) is 10.2. The van der Waals surface area contributed by atoms with Crippen molar-refractivity contribution in [3.05, 3.63) is 0 Å². The maximum atomic E-state index is 5.46. The maximum Gasteiger partial charge on any atom is 0.0495 e. The summed E-state index contributed by atoms with van der Waals surface area (Å²) in [5, 5.41) is 3.57. The smallest absolute Gasteiger partial charge is 0.0495 e. The fourth-order valence-corrected chi connectivity index (χ4v) is 3.59. The Morgan fingerprint density at radius 3 is 2.94 bits per heavy atom. The molecule has 3 fully saturated rings. The second kappa shape index (κ2) is 5.03. The second-order valence-electron chi connectivity index (χ2n) is 5.63. The van der Waals surface area contributed by atoms with Gasteiger partial charge < -0.3 is 10.1 Å². The van der Waals surface area contributed by atoms with E-state index < -0.39 is 0 Å². The third kappa shape index (κ3) is 2.27. The van der Waals surface area contributed by atoms with Gasteiger partial charge in [-0.25, -0.2) is 0 Å². The monoisotopic (exact) mass is 224 g/mol. The van der Waals surface area contributed by atoms with E-state index in [1.165, 1.54) is 51.7 Å². The molecule has 0 aromatic carbocycles. The van der Waals surface area contributed by atoms with Gasteiger partial charge in [0.25, 0.3) is 0 Å². The van der Waals surface area contributed by atoms with Crippen LogP contribution in [0.15, 0.2) is 0 Å². The first-order chi connectivity index (χ1) is 7.93. The van der Waals surface area contributed by atoms with Crippen LogP contribution in [-0.4, -0.2) is 49.8 Å². The molecule has 3 rings (SSSR count). The number of rotatable bonds is 3.